The third kappa shape index (κ3) is 5.60. The van der Waals surface area contributed by atoms with E-state index in [9.17, 15) is 4.79 Å². The number of amides is 1. The SMILES string of the molecule is COc1ccc(C)cc1CN1CCC([C@@H](NC(=O)C(C)(C)C)c2ccccn2)CC1. The van der Waals surface area contributed by atoms with Crippen LogP contribution in [0.15, 0.2) is 42.6 Å². The second kappa shape index (κ2) is 9.61. The van der Waals surface area contributed by atoms with Crippen molar-refractivity contribution in [2.45, 2.75) is 53.1 Å². The van der Waals surface area contributed by atoms with Gasteiger partial charge < -0.3 is 10.1 Å². The number of carbonyl (C=O) groups excluding carboxylic acids is 1. The van der Waals surface area contributed by atoms with Gasteiger partial charge in [0.25, 0.3) is 0 Å². The van der Waals surface area contributed by atoms with Crippen LogP contribution in [0.25, 0.3) is 0 Å². The molecule has 5 nitrogen and oxygen atoms in total. The topological polar surface area (TPSA) is 54.5 Å². The Hall–Kier alpha value is -2.40. The molecular formula is C25H35N3O2. The summed E-state index contributed by atoms with van der Waals surface area (Å²) >= 11 is 0. The molecule has 1 amide bonds. The average Bonchev–Trinajstić information content (AvgIpc) is 2.73. The van der Waals surface area contributed by atoms with E-state index in [1.807, 2.05) is 45.2 Å². The van der Waals surface area contributed by atoms with Crippen molar-refractivity contribution in [1.82, 2.24) is 15.2 Å². The zero-order valence-electron chi connectivity index (χ0n) is 18.9. The summed E-state index contributed by atoms with van der Waals surface area (Å²) < 4.78 is 5.55. The largest absolute Gasteiger partial charge is 0.496 e. The Morgan fingerprint density at radius 1 is 1.23 bits per heavy atom. The molecule has 0 unspecified atom stereocenters. The van der Waals surface area contributed by atoms with Gasteiger partial charge in [0.05, 0.1) is 18.8 Å². The third-order valence-corrected chi connectivity index (χ3v) is 5.91. The van der Waals surface area contributed by atoms with Crippen LogP contribution in [0.4, 0.5) is 0 Å². The smallest absolute Gasteiger partial charge is 0.225 e. The van der Waals surface area contributed by atoms with Crippen molar-refractivity contribution in [1.29, 1.82) is 0 Å². The number of carbonyl (C=O) groups is 1. The molecule has 1 aliphatic rings. The van der Waals surface area contributed by atoms with Gasteiger partial charge in [-0.1, -0.05) is 44.5 Å². The predicted molar refractivity (Wildman–Crippen MR) is 120 cm³/mol. The molecule has 0 radical (unpaired) electrons. The molecule has 1 aliphatic heterocycles. The second-order valence-corrected chi connectivity index (χ2v) is 9.38. The Morgan fingerprint density at radius 2 is 1.97 bits per heavy atom. The van der Waals surface area contributed by atoms with Crippen LogP contribution in [-0.2, 0) is 11.3 Å². The first-order valence-electron chi connectivity index (χ1n) is 10.9. The van der Waals surface area contributed by atoms with Gasteiger partial charge in [0.2, 0.25) is 5.91 Å². The van der Waals surface area contributed by atoms with Crippen LogP contribution in [0, 0.1) is 18.3 Å². The van der Waals surface area contributed by atoms with Crippen molar-refractivity contribution >= 4 is 5.91 Å². The fourth-order valence-electron chi connectivity index (χ4n) is 4.07. The van der Waals surface area contributed by atoms with Crippen LogP contribution in [-0.4, -0.2) is 36.0 Å². The van der Waals surface area contributed by atoms with Crippen molar-refractivity contribution in [2.24, 2.45) is 11.3 Å². The van der Waals surface area contributed by atoms with Crippen LogP contribution in [0.1, 0.15) is 56.5 Å². The highest BCUT2D eigenvalue weighted by Gasteiger charge is 2.32. The second-order valence-electron chi connectivity index (χ2n) is 9.38. The van der Waals surface area contributed by atoms with Gasteiger partial charge in [-0.05, 0) is 57.0 Å². The molecule has 1 aromatic heterocycles. The lowest BCUT2D eigenvalue weighted by Crippen LogP contribution is -2.44. The number of methoxy groups -OCH3 is 1. The lowest BCUT2D eigenvalue weighted by atomic mass is 9.85. The molecule has 2 heterocycles. The van der Waals surface area contributed by atoms with Gasteiger partial charge >= 0.3 is 0 Å². The molecule has 0 saturated carbocycles. The summed E-state index contributed by atoms with van der Waals surface area (Å²) in [6.07, 6.45) is 3.87. The summed E-state index contributed by atoms with van der Waals surface area (Å²) in [7, 11) is 1.73. The summed E-state index contributed by atoms with van der Waals surface area (Å²) in [5, 5.41) is 3.29. The van der Waals surface area contributed by atoms with Crippen molar-refractivity contribution in [3.05, 3.63) is 59.4 Å². The average molecular weight is 410 g/mol. The van der Waals surface area contributed by atoms with E-state index in [2.05, 4.69) is 40.3 Å². The molecular weight excluding hydrogens is 374 g/mol. The fraction of sp³-hybridized carbons (Fsp3) is 0.520. The number of aryl methyl sites for hydroxylation is 1. The van der Waals surface area contributed by atoms with Gasteiger partial charge in [-0.2, -0.15) is 0 Å². The Labute approximate surface area is 180 Å². The zero-order chi connectivity index (χ0) is 21.7. The molecule has 3 rings (SSSR count). The van der Waals surface area contributed by atoms with Gasteiger partial charge in [-0.25, -0.2) is 0 Å². The number of nitrogens with one attached hydrogen (secondary N) is 1. The summed E-state index contributed by atoms with van der Waals surface area (Å²) in [4.78, 5) is 19.8. The first-order chi connectivity index (χ1) is 14.3. The highest BCUT2D eigenvalue weighted by atomic mass is 16.5. The molecule has 1 saturated heterocycles. The number of hydrogen-bond acceptors (Lipinski definition) is 4. The molecule has 30 heavy (non-hydrogen) atoms. The molecule has 162 valence electrons. The molecule has 1 atom stereocenters. The molecule has 0 bridgehead atoms. The van der Waals surface area contributed by atoms with E-state index in [0.717, 1.165) is 43.9 Å². The lowest BCUT2D eigenvalue weighted by molar-refractivity contribution is -0.129. The van der Waals surface area contributed by atoms with E-state index in [-0.39, 0.29) is 11.9 Å². The van der Waals surface area contributed by atoms with Crippen molar-refractivity contribution in [3.8, 4) is 5.75 Å². The summed E-state index contributed by atoms with van der Waals surface area (Å²) in [6.45, 7) is 10.9. The molecule has 0 spiro atoms. The van der Waals surface area contributed by atoms with Crippen LogP contribution < -0.4 is 10.1 Å². The summed E-state index contributed by atoms with van der Waals surface area (Å²) in [6, 6.07) is 12.2. The Bertz CT molecular complexity index is 837. The molecule has 1 aromatic carbocycles. The minimum Gasteiger partial charge on any atom is -0.496 e. The zero-order valence-corrected chi connectivity index (χ0v) is 18.9. The van der Waals surface area contributed by atoms with E-state index in [0.29, 0.717) is 5.92 Å². The van der Waals surface area contributed by atoms with Crippen LogP contribution in [0.2, 0.25) is 0 Å². The van der Waals surface area contributed by atoms with Crippen molar-refractivity contribution < 1.29 is 9.53 Å². The van der Waals surface area contributed by atoms with E-state index < -0.39 is 5.41 Å². The Balaban J connectivity index is 1.69. The number of rotatable bonds is 6. The van der Waals surface area contributed by atoms with Gasteiger partial charge in [0, 0.05) is 23.7 Å². The summed E-state index contributed by atoms with van der Waals surface area (Å²) in [5.41, 5.74) is 3.02. The maximum Gasteiger partial charge on any atom is 0.225 e. The monoisotopic (exact) mass is 409 g/mol. The van der Waals surface area contributed by atoms with Crippen LogP contribution in [0.5, 0.6) is 5.75 Å². The normalized spacial score (nSPS) is 16.8. The maximum atomic E-state index is 12.7. The van der Waals surface area contributed by atoms with Gasteiger partial charge in [-0.15, -0.1) is 0 Å². The first kappa shape index (κ1) is 22.3. The Kier molecular flexibility index (Phi) is 7.14. The highest BCUT2D eigenvalue weighted by molar-refractivity contribution is 5.81. The quantitative estimate of drug-likeness (QED) is 0.762. The van der Waals surface area contributed by atoms with E-state index in [4.69, 9.17) is 4.74 Å². The maximum absolute atomic E-state index is 12.7. The number of nitrogens with zero attached hydrogens (tertiary/aromatic N) is 2. The van der Waals surface area contributed by atoms with E-state index in [1.165, 1.54) is 11.1 Å². The van der Waals surface area contributed by atoms with Crippen molar-refractivity contribution in [3.63, 3.8) is 0 Å². The molecule has 1 N–H and O–H groups in total. The third-order valence-electron chi connectivity index (χ3n) is 5.91. The van der Waals surface area contributed by atoms with Crippen molar-refractivity contribution in [2.75, 3.05) is 20.2 Å². The van der Waals surface area contributed by atoms with Crippen LogP contribution >= 0.6 is 0 Å². The lowest BCUT2D eigenvalue weighted by Gasteiger charge is -2.37. The number of benzene rings is 1. The number of piperidine rings is 1. The predicted octanol–water partition coefficient (Wildman–Crippen LogP) is 4.51. The standard InChI is InChI=1S/C25H35N3O2/c1-18-9-10-22(30-5)20(16-18)17-28-14-11-19(12-15-28)23(21-8-6-7-13-26-21)27-24(29)25(2,3)4/h6-10,13,16,19,23H,11-12,14-15,17H2,1-5H3,(H,27,29)/t23-/m1/s1. The number of likely N-dealkylation sites (tertiary alicyclic amines) is 1. The fourth-order valence-corrected chi connectivity index (χ4v) is 4.07. The molecule has 1 fully saturated rings. The van der Waals surface area contributed by atoms with Gasteiger partial charge in [0.15, 0.2) is 0 Å². The Morgan fingerprint density at radius 3 is 2.57 bits per heavy atom. The minimum absolute atomic E-state index is 0.0476. The first-order valence-corrected chi connectivity index (χ1v) is 10.9. The number of pyridine rings is 1. The number of ether oxygens (including phenoxy) is 1. The number of aromatic nitrogens is 1. The molecule has 5 heteroatoms. The van der Waals surface area contributed by atoms with E-state index >= 15 is 0 Å². The molecule has 2 aromatic rings. The van der Waals surface area contributed by atoms with E-state index in [1.54, 1.807) is 7.11 Å². The molecule has 0 aliphatic carbocycles. The van der Waals surface area contributed by atoms with Crippen LogP contribution in [0.3, 0.4) is 0 Å². The van der Waals surface area contributed by atoms with Gasteiger partial charge in [0.1, 0.15) is 5.75 Å². The number of hydrogen-bond donors (Lipinski definition) is 1. The van der Waals surface area contributed by atoms with Gasteiger partial charge in [-0.3, -0.25) is 14.7 Å². The highest BCUT2D eigenvalue weighted by Crippen LogP contribution is 2.32. The summed E-state index contributed by atoms with van der Waals surface area (Å²) in [5.74, 6) is 1.40. The minimum atomic E-state index is -0.421.